The summed E-state index contributed by atoms with van der Waals surface area (Å²) < 4.78 is 5.96. The van der Waals surface area contributed by atoms with Crippen molar-refractivity contribution in [2.24, 2.45) is 5.41 Å². The molecule has 0 bridgehead atoms. The van der Waals surface area contributed by atoms with E-state index in [9.17, 15) is 5.11 Å². The van der Waals surface area contributed by atoms with Gasteiger partial charge in [-0.15, -0.1) is 0 Å². The molecule has 0 aromatic heterocycles. The Hall–Kier alpha value is -3.34. The molecule has 5 aromatic carbocycles. The molecule has 0 atom stereocenters. The van der Waals surface area contributed by atoms with Gasteiger partial charge in [-0.2, -0.15) is 0 Å². The van der Waals surface area contributed by atoms with Crippen LogP contribution in [0, 0.1) is 33.1 Å². The molecule has 0 radical (unpaired) electrons. The summed E-state index contributed by atoms with van der Waals surface area (Å²) in [5.74, 6) is 1.14. The van der Waals surface area contributed by atoms with Crippen LogP contribution in [-0.2, 0) is 5.41 Å². The maximum atomic E-state index is 11.8. The van der Waals surface area contributed by atoms with Crippen molar-refractivity contribution in [3.05, 3.63) is 106 Å². The molecule has 242 valence electrons. The zero-order chi connectivity index (χ0) is 33.1. The minimum absolute atomic E-state index is 0.110. The summed E-state index contributed by atoms with van der Waals surface area (Å²) in [6.07, 6.45) is 7.09. The third kappa shape index (κ3) is 5.27. The summed E-state index contributed by atoms with van der Waals surface area (Å²) in [6, 6.07) is 26.7. The van der Waals surface area contributed by atoms with Crippen molar-refractivity contribution in [3.8, 4) is 22.6 Å². The van der Waals surface area contributed by atoms with Gasteiger partial charge in [-0.3, -0.25) is 0 Å². The lowest BCUT2D eigenvalue weighted by Crippen LogP contribution is -2.36. The Morgan fingerprint density at radius 2 is 1.28 bits per heavy atom. The molecule has 0 unspecified atom stereocenters. The molecule has 0 aliphatic heterocycles. The summed E-state index contributed by atoms with van der Waals surface area (Å²) >= 11 is 3.66. The van der Waals surface area contributed by atoms with Crippen LogP contribution in [0.1, 0.15) is 85.8 Å². The van der Waals surface area contributed by atoms with E-state index < -0.39 is 0 Å². The third-order valence-electron chi connectivity index (χ3n) is 11.6. The number of phenolic OH excluding ortho intramolecular Hbond substituents is 1. The number of phenols is 1. The SMILES string of the molecule is CCC1(CC)CCC2(CC1)c1cc(Sc3c(C)cccc3C)ccc1-c1c2cc(O)c2cc(OC)c(Sc3c(C)cccc3C)cc12. The lowest BCUT2D eigenvalue weighted by Gasteiger charge is -2.46. The molecule has 2 nitrogen and oxygen atoms in total. The van der Waals surface area contributed by atoms with E-state index in [4.69, 9.17) is 4.74 Å². The normalized spacial score (nSPS) is 16.0. The first kappa shape index (κ1) is 32.2. The van der Waals surface area contributed by atoms with Gasteiger partial charge in [0.25, 0.3) is 0 Å². The van der Waals surface area contributed by atoms with Crippen LogP contribution in [0.25, 0.3) is 21.9 Å². The fourth-order valence-corrected chi connectivity index (χ4v) is 10.6. The van der Waals surface area contributed by atoms with Gasteiger partial charge in [0.15, 0.2) is 0 Å². The largest absolute Gasteiger partial charge is 0.507 e. The quantitative estimate of drug-likeness (QED) is 0.188. The molecule has 7 rings (SSSR count). The molecule has 1 N–H and O–H groups in total. The standard InChI is InChI=1S/C43H46O2S2/c1-8-42(9-2)18-20-43(21-19-42)34-22-30(46-40-26(3)12-10-13-27(40)4)16-17-31(34)39-33-24-38(47-41-28(5)14-11-15-29(41)6)37(45-7)23-32(33)36(44)25-35(39)43/h10-17,22-25,44H,8-9,18-21H2,1-7H3. The zero-order valence-electron chi connectivity index (χ0n) is 28.8. The minimum Gasteiger partial charge on any atom is -0.507 e. The van der Waals surface area contributed by atoms with Crippen LogP contribution in [0.4, 0.5) is 0 Å². The van der Waals surface area contributed by atoms with Gasteiger partial charge in [-0.25, -0.2) is 0 Å². The van der Waals surface area contributed by atoms with Gasteiger partial charge in [0.05, 0.1) is 12.0 Å². The second-order valence-electron chi connectivity index (χ2n) is 14.0. The molecule has 0 amide bonds. The predicted molar refractivity (Wildman–Crippen MR) is 200 cm³/mol. The van der Waals surface area contributed by atoms with Crippen LogP contribution in [0.3, 0.4) is 0 Å². The molecule has 4 heteroatoms. The summed E-state index contributed by atoms with van der Waals surface area (Å²) in [5.41, 5.74) is 10.8. The fourth-order valence-electron chi connectivity index (χ4n) is 8.51. The van der Waals surface area contributed by atoms with E-state index in [1.165, 1.54) is 84.9 Å². The highest BCUT2D eigenvalue weighted by atomic mass is 32.2. The van der Waals surface area contributed by atoms with Crippen LogP contribution in [0.5, 0.6) is 11.5 Å². The number of aryl methyl sites for hydroxylation is 4. The second kappa shape index (κ2) is 12.3. The molecule has 2 aliphatic rings. The van der Waals surface area contributed by atoms with Gasteiger partial charge in [0.1, 0.15) is 11.5 Å². The molecule has 1 fully saturated rings. The molecule has 1 saturated carbocycles. The topological polar surface area (TPSA) is 29.5 Å². The zero-order valence-corrected chi connectivity index (χ0v) is 30.5. The monoisotopic (exact) mass is 658 g/mol. The number of hydrogen-bond donors (Lipinski definition) is 1. The average Bonchev–Trinajstić information content (AvgIpc) is 3.33. The lowest BCUT2D eigenvalue weighted by molar-refractivity contribution is 0.133. The van der Waals surface area contributed by atoms with Crippen LogP contribution in [0.2, 0.25) is 0 Å². The number of hydrogen-bond acceptors (Lipinski definition) is 4. The Labute approximate surface area is 289 Å². The predicted octanol–water partition coefficient (Wildman–Crippen LogP) is 12.7. The Morgan fingerprint density at radius 3 is 1.85 bits per heavy atom. The highest BCUT2D eigenvalue weighted by molar-refractivity contribution is 7.99. The molecule has 5 aromatic rings. The van der Waals surface area contributed by atoms with Crippen LogP contribution < -0.4 is 4.74 Å². The average molecular weight is 659 g/mol. The summed E-state index contributed by atoms with van der Waals surface area (Å²) in [7, 11) is 1.73. The van der Waals surface area contributed by atoms with Crippen LogP contribution in [0.15, 0.2) is 92.4 Å². The van der Waals surface area contributed by atoms with Gasteiger partial charge in [-0.1, -0.05) is 92.7 Å². The van der Waals surface area contributed by atoms with Gasteiger partial charge in [0.2, 0.25) is 0 Å². The number of benzene rings is 5. The molecule has 2 aliphatic carbocycles. The van der Waals surface area contributed by atoms with Gasteiger partial charge < -0.3 is 9.84 Å². The van der Waals surface area contributed by atoms with E-state index in [2.05, 4.69) is 114 Å². The van der Waals surface area contributed by atoms with Crippen LogP contribution in [-0.4, -0.2) is 12.2 Å². The maximum Gasteiger partial charge on any atom is 0.133 e. The second-order valence-corrected chi connectivity index (χ2v) is 16.1. The van der Waals surface area contributed by atoms with Crippen molar-refractivity contribution in [3.63, 3.8) is 0 Å². The van der Waals surface area contributed by atoms with E-state index in [1.807, 2.05) is 11.8 Å². The first-order valence-corrected chi connectivity index (χ1v) is 18.8. The number of fused-ring (bicyclic) bond motifs is 7. The van der Waals surface area contributed by atoms with Crippen molar-refractivity contribution < 1.29 is 9.84 Å². The summed E-state index contributed by atoms with van der Waals surface area (Å²) in [4.78, 5) is 4.97. The molecule has 0 saturated heterocycles. The van der Waals surface area contributed by atoms with E-state index in [1.54, 1.807) is 18.9 Å². The first-order chi connectivity index (χ1) is 22.6. The minimum atomic E-state index is -0.110. The molecular formula is C43H46O2S2. The van der Waals surface area contributed by atoms with E-state index in [0.717, 1.165) is 34.3 Å². The van der Waals surface area contributed by atoms with Crippen molar-refractivity contribution in [1.82, 2.24) is 0 Å². The van der Waals surface area contributed by atoms with E-state index >= 15 is 0 Å². The molecule has 0 heterocycles. The lowest BCUT2D eigenvalue weighted by atomic mass is 9.58. The number of rotatable bonds is 7. The van der Waals surface area contributed by atoms with Crippen molar-refractivity contribution in [2.45, 2.75) is 105 Å². The number of aromatic hydroxyl groups is 1. The number of ether oxygens (including phenoxy) is 1. The molecule has 1 spiro atoms. The summed E-state index contributed by atoms with van der Waals surface area (Å²) in [6.45, 7) is 13.5. The molecular weight excluding hydrogens is 613 g/mol. The van der Waals surface area contributed by atoms with Crippen LogP contribution >= 0.6 is 23.5 Å². The first-order valence-electron chi connectivity index (χ1n) is 17.1. The Bertz CT molecular complexity index is 1970. The van der Waals surface area contributed by atoms with E-state index in [-0.39, 0.29) is 5.41 Å². The smallest absolute Gasteiger partial charge is 0.133 e. The highest BCUT2D eigenvalue weighted by Gasteiger charge is 2.49. The van der Waals surface area contributed by atoms with Gasteiger partial charge in [0, 0.05) is 25.5 Å². The number of methoxy groups -OCH3 is 1. The van der Waals surface area contributed by atoms with Gasteiger partial charge >= 0.3 is 0 Å². The maximum absolute atomic E-state index is 11.8. The molecule has 47 heavy (non-hydrogen) atoms. The Kier molecular flexibility index (Phi) is 8.42. The Morgan fingerprint density at radius 1 is 0.681 bits per heavy atom. The van der Waals surface area contributed by atoms with Crippen molar-refractivity contribution in [1.29, 1.82) is 0 Å². The van der Waals surface area contributed by atoms with Gasteiger partial charge in [-0.05, 0) is 139 Å². The third-order valence-corrected chi connectivity index (χ3v) is 14.3. The van der Waals surface area contributed by atoms with Crippen molar-refractivity contribution in [2.75, 3.05) is 7.11 Å². The summed E-state index contributed by atoms with van der Waals surface area (Å²) in [5, 5.41) is 13.7. The highest BCUT2D eigenvalue weighted by Crippen LogP contribution is 2.62. The van der Waals surface area contributed by atoms with E-state index in [0.29, 0.717) is 11.2 Å². The Balaban J connectivity index is 1.44. The van der Waals surface area contributed by atoms with Crippen molar-refractivity contribution >= 4 is 34.3 Å². The fraction of sp³-hybridized carbons (Fsp3) is 0.349.